The number of ether oxygens (including phenoxy) is 1. The topological polar surface area (TPSA) is 63.6 Å². The Kier molecular flexibility index (Phi) is 6.37. The maximum atomic E-state index is 13.9. The summed E-state index contributed by atoms with van der Waals surface area (Å²) in [6, 6.07) is 21.8. The minimum atomic E-state index is -1.03. The maximum absolute atomic E-state index is 13.9. The van der Waals surface area contributed by atoms with Gasteiger partial charge in [0.1, 0.15) is 17.0 Å². The van der Waals surface area contributed by atoms with Crippen LogP contribution in [-0.4, -0.2) is 40.0 Å². The van der Waals surface area contributed by atoms with Crippen LogP contribution in [0.3, 0.4) is 0 Å². The Morgan fingerprint density at radius 3 is 2.49 bits per heavy atom. The molecule has 1 atom stereocenters. The molecule has 1 aromatic heterocycles. The summed E-state index contributed by atoms with van der Waals surface area (Å²) in [5.41, 5.74) is 2.48. The summed E-state index contributed by atoms with van der Waals surface area (Å²) in [4.78, 5) is 29.6. The summed E-state index contributed by atoms with van der Waals surface area (Å²) in [5, 5.41) is 3.30. The minimum absolute atomic E-state index is 0.0843. The van der Waals surface area contributed by atoms with Crippen molar-refractivity contribution in [2.24, 2.45) is 0 Å². The first-order valence-corrected chi connectivity index (χ1v) is 12.5. The van der Waals surface area contributed by atoms with Crippen LogP contribution >= 0.6 is 0 Å². The van der Waals surface area contributed by atoms with E-state index in [-0.39, 0.29) is 17.9 Å². The molecule has 0 radical (unpaired) electrons. The van der Waals surface area contributed by atoms with Crippen LogP contribution in [0.2, 0.25) is 0 Å². The van der Waals surface area contributed by atoms with Gasteiger partial charge in [-0.1, -0.05) is 61.7 Å². The molecule has 2 aliphatic rings. The van der Waals surface area contributed by atoms with Crippen molar-refractivity contribution in [2.75, 3.05) is 7.11 Å². The van der Waals surface area contributed by atoms with Crippen molar-refractivity contribution in [1.29, 1.82) is 0 Å². The van der Waals surface area contributed by atoms with Crippen LogP contribution in [0.5, 0.6) is 5.75 Å². The predicted molar refractivity (Wildman–Crippen MR) is 136 cm³/mol. The molecule has 5 rings (SSSR count). The van der Waals surface area contributed by atoms with E-state index in [9.17, 15) is 9.59 Å². The lowest BCUT2D eigenvalue weighted by atomic mass is 9.91. The third-order valence-corrected chi connectivity index (χ3v) is 7.48. The van der Waals surface area contributed by atoms with E-state index in [4.69, 9.17) is 4.74 Å². The largest absolute Gasteiger partial charge is 0.497 e. The zero-order valence-electron chi connectivity index (χ0n) is 20.5. The van der Waals surface area contributed by atoms with E-state index in [0.29, 0.717) is 18.8 Å². The SMILES string of the molecule is COc1cccc(CN2C(=O)c3ccc(-c4ccccc4)n3CC2(C)C(=O)NC2CCCCC2)c1. The second kappa shape index (κ2) is 9.61. The summed E-state index contributed by atoms with van der Waals surface area (Å²) in [6.07, 6.45) is 5.48. The van der Waals surface area contributed by atoms with Gasteiger partial charge in [0.2, 0.25) is 5.91 Å². The fourth-order valence-electron chi connectivity index (χ4n) is 5.42. The normalized spacial score (nSPS) is 20.4. The highest BCUT2D eigenvalue weighted by Crippen LogP contribution is 2.35. The molecule has 1 N–H and O–H groups in total. The summed E-state index contributed by atoms with van der Waals surface area (Å²) in [6.45, 7) is 2.63. The molecule has 182 valence electrons. The van der Waals surface area contributed by atoms with Crippen LogP contribution in [0.25, 0.3) is 11.3 Å². The van der Waals surface area contributed by atoms with Crippen molar-refractivity contribution in [3.8, 4) is 17.0 Å². The monoisotopic (exact) mass is 471 g/mol. The number of rotatable bonds is 6. The molecule has 2 amide bonds. The smallest absolute Gasteiger partial charge is 0.271 e. The van der Waals surface area contributed by atoms with Crippen molar-refractivity contribution in [3.05, 3.63) is 78.0 Å². The number of hydrogen-bond acceptors (Lipinski definition) is 3. The number of benzene rings is 2. The molecule has 1 aliphatic heterocycles. The second-order valence-electron chi connectivity index (χ2n) is 9.88. The lowest BCUT2D eigenvalue weighted by Gasteiger charge is -2.45. The Morgan fingerprint density at radius 1 is 1.00 bits per heavy atom. The first kappa shape index (κ1) is 23.2. The van der Waals surface area contributed by atoms with Gasteiger partial charge >= 0.3 is 0 Å². The fraction of sp³-hybridized carbons (Fsp3) is 0.379. The van der Waals surface area contributed by atoms with E-state index in [1.54, 1.807) is 12.0 Å². The van der Waals surface area contributed by atoms with E-state index in [2.05, 4.69) is 5.32 Å². The quantitative estimate of drug-likeness (QED) is 0.549. The number of carbonyl (C=O) groups excluding carboxylic acids is 2. The number of nitrogens with one attached hydrogen (secondary N) is 1. The molecular formula is C29H33N3O3. The zero-order chi connectivity index (χ0) is 24.4. The lowest BCUT2D eigenvalue weighted by Crippen LogP contribution is -2.64. The molecule has 0 saturated heterocycles. The first-order valence-electron chi connectivity index (χ1n) is 12.5. The minimum Gasteiger partial charge on any atom is -0.497 e. The third-order valence-electron chi connectivity index (χ3n) is 7.48. The van der Waals surface area contributed by atoms with E-state index in [1.165, 1.54) is 6.42 Å². The number of nitrogens with zero attached hydrogens (tertiary/aromatic N) is 2. The average Bonchev–Trinajstić information content (AvgIpc) is 3.31. The Labute approximate surface area is 206 Å². The molecule has 2 aromatic carbocycles. The summed E-state index contributed by atoms with van der Waals surface area (Å²) in [7, 11) is 1.63. The number of carbonyl (C=O) groups is 2. The van der Waals surface area contributed by atoms with Crippen molar-refractivity contribution in [2.45, 2.75) is 63.7 Å². The number of aromatic nitrogens is 1. The van der Waals surface area contributed by atoms with Crippen LogP contribution < -0.4 is 10.1 Å². The summed E-state index contributed by atoms with van der Waals surface area (Å²) < 4.78 is 7.41. The van der Waals surface area contributed by atoms with Crippen LogP contribution in [0.15, 0.2) is 66.7 Å². The molecule has 1 saturated carbocycles. The average molecular weight is 472 g/mol. The van der Waals surface area contributed by atoms with Crippen LogP contribution in [-0.2, 0) is 17.9 Å². The zero-order valence-corrected chi connectivity index (χ0v) is 20.5. The standard InChI is InChI=1S/C29H33N3O3/c1-29(28(34)30-23-13-7-4-8-14-23)20-31-25(22-11-5-3-6-12-22)16-17-26(31)27(33)32(29)19-21-10-9-15-24(18-21)35-2/h3,5-6,9-12,15-18,23H,4,7-8,13-14,19-20H2,1-2H3,(H,30,34). The highest BCUT2D eigenvalue weighted by atomic mass is 16.5. The number of methoxy groups -OCH3 is 1. The van der Waals surface area contributed by atoms with Crippen LogP contribution in [0.4, 0.5) is 0 Å². The highest BCUT2D eigenvalue weighted by Gasteiger charge is 2.48. The second-order valence-corrected chi connectivity index (χ2v) is 9.88. The molecule has 1 unspecified atom stereocenters. The van der Waals surface area contributed by atoms with Gasteiger partial charge in [0.25, 0.3) is 5.91 Å². The Bertz CT molecular complexity index is 1210. The van der Waals surface area contributed by atoms with Crippen molar-refractivity contribution >= 4 is 11.8 Å². The van der Waals surface area contributed by atoms with E-state index >= 15 is 0 Å². The molecule has 2 heterocycles. The number of fused-ring (bicyclic) bond motifs is 1. The molecule has 3 aromatic rings. The fourth-order valence-corrected chi connectivity index (χ4v) is 5.42. The van der Waals surface area contributed by atoms with Gasteiger partial charge in [0, 0.05) is 18.3 Å². The van der Waals surface area contributed by atoms with Crippen molar-refractivity contribution < 1.29 is 14.3 Å². The Hall–Kier alpha value is -3.54. The molecule has 6 nitrogen and oxygen atoms in total. The van der Waals surface area contributed by atoms with E-state index < -0.39 is 5.54 Å². The van der Waals surface area contributed by atoms with Crippen LogP contribution in [0, 0.1) is 0 Å². The number of hydrogen-bond donors (Lipinski definition) is 1. The molecule has 0 bridgehead atoms. The Balaban J connectivity index is 1.53. The lowest BCUT2D eigenvalue weighted by molar-refractivity contribution is -0.134. The number of amides is 2. The van der Waals surface area contributed by atoms with Gasteiger partial charge in [-0.3, -0.25) is 9.59 Å². The van der Waals surface area contributed by atoms with E-state index in [1.807, 2.05) is 78.2 Å². The molecule has 6 heteroatoms. The van der Waals surface area contributed by atoms with Crippen molar-refractivity contribution in [1.82, 2.24) is 14.8 Å². The molecule has 1 aliphatic carbocycles. The molecule has 1 fully saturated rings. The highest BCUT2D eigenvalue weighted by molar-refractivity contribution is 6.00. The third kappa shape index (κ3) is 4.45. The maximum Gasteiger partial charge on any atom is 0.271 e. The van der Waals surface area contributed by atoms with Crippen LogP contribution in [0.1, 0.15) is 55.1 Å². The predicted octanol–water partition coefficient (Wildman–Crippen LogP) is 5.03. The molecular weight excluding hydrogens is 438 g/mol. The van der Waals surface area contributed by atoms with Gasteiger partial charge in [-0.2, -0.15) is 0 Å². The van der Waals surface area contributed by atoms with Crippen molar-refractivity contribution in [3.63, 3.8) is 0 Å². The Morgan fingerprint density at radius 2 is 1.74 bits per heavy atom. The summed E-state index contributed by atoms with van der Waals surface area (Å²) in [5.74, 6) is 0.511. The van der Waals surface area contributed by atoms with Gasteiger partial charge in [-0.05, 0) is 55.2 Å². The first-order chi connectivity index (χ1) is 17.0. The summed E-state index contributed by atoms with van der Waals surface area (Å²) >= 11 is 0. The van der Waals surface area contributed by atoms with Gasteiger partial charge in [0.15, 0.2) is 0 Å². The van der Waals surface area contributed by atoms with Gasteiger partial charge in [-0.15, -0.1) is 0 Å². The van der Waals surface area contributed by atoms with Gasteiger partial charge in [-0.25, -0.2) is 0 Å². The molecule has 0 spiro atoms. The molecule has 35 heavy (non-hydrogen) atoms. The van der Waals surface area contributed by atoms with Gasteiger partial charge in [0.05, 0.1) is 13.7 Å². The van der Waals surface area contributed by atoms with Gasteiger partial charge < -0.3 is 19.5 Å². The van der Waals surface area contributed by atoms with E-state index in [0.717, 1.165) is 48.3 Å².